The van der Waals surface area contributed by atoms with Crippen LogP contribution in [0.4, 0.5) is 0 Å². The molecule has 0 bridgehead atoms. The van der Waals surface area contributed by atoms with Crippen LogP contribution in [0.15, 0.2) is 29.3 Å². The number of aryl methyl sites for hydroxylation is 1. The first kappa shape index (κ1) is 21.5. The van der Waals surface area contributed by atoms with Crippen LogP contribution >= 0.6 is 24.0 Å². The molecule has 0 aliphatic carbocycles. The lowest BCUT2D eigenvalue weighted by Gasteiger charge is -2.34. The Labute approximate surface area is 178 Å². The summed E-state index contributed by atoms with van der Waals surface area (Å²) in [6.45, 7) is 4.77. The third-order valence-corrected chi connectivity index (χ3v) is 5.21. The molecule has 1 aliphatic heterocycles. The Balaban J connectivity index is 0.00000261. The number of guanidine groups is 1. The Kier molecular flexibility index (Phi) is 7.94. The summed E-state index contributed by atoms with van der Waals surface area (Å²) in [5.74, 6) is 1.03. The molecular formula is C20H30IN5O. The zero-order valence-corrected chi connectivity index (χ0v) is 18.5. The van der Waals surface area contributed by atoms with E-state index in [0.717, 1.165) is 44.9 Å². The van der Waals surface area contributed by atoms with E-state index in [1.54, 1.807) is 0 Å². The number of carbonyl (C=O) groups is 1. The smallest absolute Gasteiger partial charge is 0.217 e. The van der Waals surface area contributed by atoms with Gasteiger partial charge in [0.15, 0.2) is 5.96 Å². The molecule has 1 aromatic carbocycles. The molecule has 0 radical (unpaired) electrons. The Morgan fingerprint density at radius 1 is 1.41 bits per heavy atom. The molecule has 1 saturated heterocycles. The largest absolute Gasteiger partial charge is 0.370 e. The van der Waals surface area contributed by atoms with E-state index >= 15 is 0 Å². The van der Waals surface area contributed by atoms with Crippen molar-refractivity contribution < 1.29 is 4.79 Å². The fraction of sp³-hybridized carbons (Fsp3) is 0.500. The number of likely N-dealkylation sites (tertiary alicyclic amines) is 1. The molecular weight excluding hydrogens is 453 g/mol. The number of nitrogens with two attached hydrogens (primary N) is 1. The molecule has 1 atom stereocenters. The van der Waals surface area contributed by atoms with Gasteiger partial charge in [0.05, 0.1) is 0 Å². The Bertz CT molecular complexity index is 801. The SMILES string of the molecule is CN=C(NCCc1c(C)[nH]c2ccccc12)N1CCCC(CC(N)=O)C1.I. The second-order valence-electron chi connectivity index (χ2n) is 7.12. The predicted molar refractivity (Wildman–Crippen MR) is 122 cm³/mol. The minimum Gasteiger partial charge on any atom is -0.370 e. The highest BCUT2D eigenvalue weighted by molar-refractivity contribution is 14.0. The molecule has 1 unspecified atom stereocenters. The monoisotopic (exact) mass is 483 g/mol. The Hall–Kier alpha value is -1.77. The number of aromatic amines is 1. The number of carbonyl (C=O) groups excluding carboxylic acids is 1. The third-order valence-electron chi connectivity index (χ3n) is 5.21. The number of aromatic nitrogens is 1. The molecule has 1 aromatic heterocycles. The van der Waals surface area contributed by atoms with Gasteiger partial charge in [-0.2, -0.15) is 0 Å². The van der Waals surface area contributed by atoms with Crippen LogP contribution in [0.2, 0.25) is 0 Å². The number of nitrogens with zero attached hydrogens (tertiary/aromatic N) is 2. The van der Waals surface area contributed by atoms with E-state index in [4.69, 9.17) is 5.73 Å². The van der Waals surface area contributed by atoms with Crippen molar-refractivity contribution in [2.24, 2.45) is 16.6 Å². The molecule has 3 rings (SSSR count). The Morgan fingerprint density at radius 2 is 2.19 bits per heavy atom. The van der Waals surface area contributed by atoms with Crippen molar-refractivity contribution in [2.75, 3.05) is 26.7 Å². The normalized spacial score (nSPS) is 17.6. The van der Waals surface area contributed by atoms with Crippen molar-refractivity contribution in [1.82, 2.24) is 15.2 Å². The molecule has 148 valence electrons. The highest BCUT2D eigenvalue weighted by Gasteiger charge is 2.23. The van der Waals surface area contributed by atoms with E-state index in [0.29, 0.717) is 12.3 Å². The van der Waals surface area contributed by atoms with Crippen LogP contribution in [-0.4, -0.2) is 48.4 Å². The number of amides is 1. The molecule has 0 saturated carbocycles. The van der Waals surface area contributed by atoms with Crippen LogP contribution < -0.4 is 11.1 Å². The lowest BCUT2D eigenvalue weighted by molar-refractivity contribution is -0.119. The lowest BCUT2D eigenvalue weighted by atomic mass is 9.95. The first-order chi connectivity index (χ1) is 12.6. The van der Waals surface area contributed by atoms with E-state index in [2.05, 4.69) is 51.4 Å². The lowest BCUT2D eigenvalue weighted by Crippen LogP contribution is -2.47. The minimum absolute atomic E-state index is 0. The van der Waals surface area contributed by atoms with E-state index in [1.807, 2.05) is 7.05 Å². The molecule has 2 aromatic rings. The number of nitrogens with one attached hydrogen (secondary N) is 2. The maximum Gasteiger partial charge on any atom is 0.217 e. The van der Waals surface area contributed by atoms with Crippen molar-refractivity contribution in [2.45, 2.75) is 32.6 Å². The number of primary amides is 1. The van der Waals surface area contributed by atoms with Gasteiger partial charge in [-0.1, -0.05) is 18.2 Å². The van der Waals surface area contributed by atoms with Crippen molar-refractivity contribution in [1.29, 1.82) is 0 Å². The fourth-order valence-corrected chi connectivity index (χ4v) is 4.00. The number of fused-ring (bicyclic) bond motifs is 1. The van der Waals surface area contributed by atoms with Gasteiger partial charge in [0, 0.05) is 49.7 Å². The third kappa shape index (κ3) is 5.37. The highest BCUT2D eigenvalue weighted by Crippen LogP contribution is 2.22. The summed E-state index contributed by atoms with van der Waals surface area (Å²) in [7, 11) is 1.82. The standard InChI is InChI=1S/C20H29N5O.HI/c1-14-16(17-7-3-4-8-18(17)24-14)9-10-23-20(22-2)25-11-5-6-15(13-25)12-19(21)26;/h3-4,7-8,15,24H,5-6,9-13H2,1-2H3,(H2,21,26)(H,22,23);1H. The Morgan fingerprint density at radius 3 is 2.93 bits per heavy atom. The van der Waals surface area contributed by atoms with Crippen LogP contribution in [-0.2, 0) is 11.2 Å². The van der Waals surface area contributed by atoms with Gasteiger partial charge in [0.2, 0.25) is 5.91 Å². The number of hydrogen-bond acceptors (Lipinski definition) is 2. The average molecular weight is 483 g/mol. The number of halogens is 1. The van der Waals surface area contributed by atoms with Crippen molar-refractivity contribution in [3.05, 3.63) is 35.5 Å². The first-order valence-corrected chi connectivity index (χ1v) is 9.38. The van der Waals surface area contributed by atoms with Gasteiger partial charge < -0.3 is 20.9 Å². The van der Waals surface area contributed by atoms with E-state index in [-0.39, 0.29) is 29.9 Å². The fourth-order valence-electron chi connectivity index (χ4n) is 4.00. The van der Waals surface area contributed by atoms with E-state index in [1.165, 1.54) is 22.2 Å². The average Bonchev–Trinajstić information content (AvgIpc) is 2.94. The zero-order valence-electron chi connectivity index (χ0n) is 16.1. The summed E-state index contributed by atoms with van der Waals surface area (Å²) >= 11 is 0. The molecule has 1 aliphatic rings. The summed E-state index contributed by atoms with van der Waals surface area (Å²) in [4.78, 5) is 21.4. The van der Waals surface area contributed by atoms with Gasteiger partial charge in [-0.15, -0.1) is 24.0 Å². The van der Waals surface area contributed by atoms with Crippen LogP contribution in [0.25, 0.3) is 10.9 Å². The number of piperidine rings is 1. The maximum absolute atomic E-state index is 11.2. The number of aliphatic imine (C=N–C) groups is 1. The number of rotatable bonds is 5. The van der Waals surface area contributed by atoms with Gasteiger partial charge >= 0.3 is 0 Å². The summed E-state index contributed by atoms with van der Waals surface area (Å²) in [5, 5.41) is 4.78. The number of benzene rings is 1. The van der Waals surface area contributed by atoms with Crippen molar-refractivity contribution >= 4 is 46.7 Å². The van der Waals surface area contributed by atoms with Gasteiger partial charge in [-0.3, -0.25) is 9.79 Å². The zero-order chi connectivity index (χ0) is 18.5. The van der Waals surface area contributed by atoms with Crippen molar-refractivity contribution in [3.8, 4) is 0 Å². The molecule has 6 nitrogen and oxygen atoms in total. The number of H-pyrrole nitrogens is 1. The van der Waals surface area contributed by atoms with Crippen LogP contribution in [0, 0.1) is 12.8 Å². The van der Waals surface area contributed by atoms with Gasteiger partial charge in [-0.05, 0) is 43.7 Å². The summed E-state index contributed by atoms with van der Waals surface area (Å²) < 4.78 is 0. The predicted octanol–water partition coefficient (Wildman–Crippen LogP) is 2.80. The topological polar surface area (TPSA) is 86.5 Å². The molecule has 0 spiro atoms. The second-order valence-corrected chi connectivity index (χ2v) is 7.12. The van der Waals surface area contributed by atoms with E-state index in [9.17, 15) is 4.79 Å². The molecule has 2 heterocycles. The summed E-state index contributed by atoms with van der Waals surface area (Å²) in [5.41, 5.74) is 9.13. The van der Waals surface area contributed by atoms with Crippen LogP contribution in [0.3, 0.4) is 0 Å². The first-order valence-electron chi connectivity index (χ1n) is 9.38. The van der Waals surface area contributed by atoms with E-state index < -0.39 is 0 Å². The molecule has 1 fully saturated rings. The second kappa shape index (κ2) is 9.96. The summed E-state index contributed by atoms with van der Waals surface area (Å²) in [6, 6.07) is 8.42. The number of para-hydroxylation sites is 1. The molecule has 7 heteroatoms. The van der Waals surface area contributed by atoms with Crippen LogP contribution in [0.5, 0.6) is 0 Å². The highest BCUT2D eigenvalue weighted by atomic mass is 127. The van der Waals surface area contributed by atoms with Gasteiger partial charge in [0.1, 0.15) is 0 Å². The van der Waals surface area contributed by atoms with Gasteiger partial charge in [0.25, 0.3) is 0 Å². The van der Waals surface area contributed by atoms with Crippen LogP contribution in [0.1, 0.15) is 30.5 Å². The van der Waals surface area contributed by atoms with Gasteiger partial charge in [-0.25, -0.2) is 0 Å². The quantitative estimate of drug-likeness (QED) is 0.347. The molecule has 4 N–H and O–H groups in total. The minimum atomic E-state index is -0.213. The van der Waals surface area contributed by atoms with Crippen molar-refractivity contribution in [3.63, 3.8) is 0 Å². The molecule has 1 amide bonds. The summed E-state index contributed by atoms with van der Waals surface area (Å²) in [6.07, 6.45) is 3.53. The maximum atomic E-state index is 11.2. The number of hydrogen-bond donors (Lipinski definition) is 3. The molecule has 27 heavy (non-hydrogen) atoms.